The average Bonchev–Trinajstić information content (AvgIpc) is 2.46. The van der Waals surface area contributed by atoms with Crippen molar-refractivity contribution >= 4 is 15.9 Å². The van der Waals surface area contributed by atoms with E-state index in [9.17, 15) is 22.0 Å². The van der Waals surface area contributed by atoms with Gasteiger partial charge in [-0.3, -0.25) is 9.69 Å². The number of nitrogens with zero attached hydrogens (tertiary/aromatic N) is 2. The second kappa shape index (κ2) is 7.33. The first kappa shape index (κ1) is 17.8. The number of hydrogen-bond donors (Lipinski definition) is 1. The second-order valence-electron chi connectivity index (χ2n) is 5.36. The Morgan fingerprint density at radius 2 is 1.74 bits per heavy atom. The minimum atomic E-state index is -3.18. The minimum absolute atomic E-state index is 0.228. The highest BCUT2D eigenvalue weighted by Gasteiger charge is 2.23. The molecule has 1 aromatic carbocycles. The maximum atomic E-state index is 13.5. The lowest BCUT2D eigenvalue weighted by Gasteiger charge is -2.33. The maximum absolute atomic E-state index is 13.5. The number of hydrogen-bond acceptors (Lipinski definition) is 4. The molecular formula is C14H19F2N3O3S. The monoisotopic (exact) mass is 347 g/mol. The third-order valence-electron chi connectivity index (χ3n) is 3.70. The molecule has 1 aliphatic rings. The summed E-state index contributed by atoms with van der Waals surface area (Å²) in [5.74, 6) is -2.59. The number of amides is 1. The normalized spacial score (nSPS) is 17.2. The zero-order chi connectivity index (χ0) is 17.0. The standard InChI is InChI=1S/C14H19F2N3O3S/c1-23(21,22)19-9-7-18(8-10-19)6-5-17-14(20)13-11(15)3-2-4-12(13)16/h2-4H,5-10H2,1H3,(H,17,20). The lowest BCUT2D eigenvalue weighted by atomic mass is 10.2. The predicted molar refractivity (Wildman–Crippen MR) is 81.5 cm³/mol. The van der Waals surface area contributed by atoms with E-state index in [1.807, 2.05) is 4.90 Å². The summed E-state index contributed by atoms with van der Waals surface area (Å²) >= 11 is 0. The second-order valence-corrected chi connectivity index (χ2v) is 7.34. The van der Waals surface area contributed by atoms with Gasteiger partial charge in [-0.25, -0.2) is 17.2 Å². The lowest BCUT2D eigenvalue weighted by Crippen LogP contribution is -2.49. The highest BCUT2D eigenvalue weighted by molar-refractivity contribution is 7.88. The topological polar surface area (TPSA) is 69.7 Å². The van der Waals surface area contributed by atoms with Crippen LogP contribution in [0.3, 0.4) is 0 Å². The van der Waals surface area contributed by atoms with Gasteiger partial charge in [0.2, 0.25) is 10.0 Å². The smallest absolute Gasteiger partial charge is 0.257 e. The molecule has 0 bridgehead atoms. The zero-order valence-corrected chi connectivity index (χ0v) is 13.6. The Balaban J connectivity index is 1.79. The molecule has 9 heteroatoms. The van der Waals surface area contributed by atoms with Crippen molar-refractivity contribution in [1.82, 2.24) is 14.5 Å². The van der Waals surface area contributed by atoms with Crippen LogP contribution in [0.15, 0.2) is 18.2 Å². The Kier molecular flexibility index (Phi) is 5.66. The highest BCUT2D eigenvalue weighted by atomic mass is 32.2. The summed E-state index contributed by atoms with van der Waals surface area (Å²) < 4.78 is 51.1. The quantitative estimate of drug-likeness (QED) is 0.830. The van der Waals surface area contributed by atoms with E-state index < -0.39 is 33.1 Å². The van der Waals surface area contributed by atoms with Gasteiger partial charge in [0.1, 0.15) is 17.2 Å². The molecule has 1 aromatic rings. The van der Waals surface area contributed by atoms with Gasteiger partial charge in [-0.15, -0.1) is 0 Å². The molecule has 1 amide bonds. The number of carbonyl (C=O) groups is 1. The molecule has 0 radical (unpaired) electrons. The summed E-state index contributed by atoms with van der Waals surface area (Å²) in [6, 6.07) is 3.26. The van der Waals surface area contributed by atoms with Crippen molar-refractivity contribution in [2.75, 3.05) is 45.5 Å². The van der Waals surface area contributed by atoms with Crippen molar-refractivity contribution in [2.24, 2.45) is 0 Å². The Bertz CT molecular complexity index is 654. The molecule has 6 nitrogen and oxygen atoms in total. The first-order chi connectivity index (χ1) is 10.8. The number of sulfonamides is 1. The van der Waals surface area contributed by atoms with E-state index in [-0.39, 0.29) is 6.54 Å². The summed E-state index contributed by atoms with van der Waals surface area (Å²) in [6.45, 7) is 2.61. The van der Waals surface area contributed by atoms with Crippen molar-refractivity contribution in [1.29, 1.82) is 0 Å². The van der Waals surface area contributed by atoms with Crippen molar-refractivity contribution in [3.63, 3.8) is 0 Å². The van der Waals surface area contributed by atoms with Crippen LogP contribution in [0.2, 0.25) is 0 Å². The Labute approximate surface area is 134 Å². The summed E-state index contributed by atoms with van der Waals surface area (Å²) in [5, 5.41) is 2.48. The third kappa shape index (κ3) is 4.69. The number of rotatable bonds is 5. The van der Waals surface area contributed by atoms with E-state index in [1.54, 1.807) is 0 Å². The van der Waals surface area contributed by atoms with Crippen LogP contribution < -0.4 is 5.32 Å². The molecule has 1 aliphatic heterocycles. The average molecular weight is 347 g/mol. The molecule has 0 aromatic heterocycles. The molecule has 23 heavy (non-hydrogen) atoms. The van der Waals surface area contributed by atoms with Gasteiger partial charge < -0.3 is 5.32 Å². The lowest BCUT2D eigenvalue weighted by molar-refractivity contribution is 0.0936. The summed E-state index contributed by atoms with van der Waals surface area (Å²) in [4.78, 5) is 13.8. The first-order valence-corrected chi connectivity index (χ1v) is 9.03. The van der Waals surface area contributed by atoms with Crippen molar-refractivity contribution < 1.29 is 22.0 Å². The van der Waals surface area contributed by atoms with Gasteiger partial charge in [-0.2, -0.15) is 4.31 Å². The first-order valence-electron chi connectivity index (χ1n) is 7.18. The SMILES string of the molecule is CS(=O)(=O)N1CCN(CCNC(=O)c2c(F)cccc2F)CC1. The van der Waals surface area contributed by atoms with Gasteiger partial charge in [0.15, 0.2) is 0 Å². The van der Waals surface area contributed by atoms with Crippen molar-refractivity contribution in [2.45, 2.75) is 0 Å². The predicted octanol–water partition coefficient (Wildman–Crippen LogP) is 0.272. The fraction of sp³-hybridized carbons (Fsp3) is 0.500. The van der Waals surface area contributed by atoms with E-state index in [2.05, 4.69) is 5.32 Å². The third-order valence-corrected chi connectivity index (χ3v) is 5.01. The molecule has 2 rings (SSSR count). The van der Waals surface area contributed by atoms with Gasteiger partial charge in [-0.05, 0) is 12.1 Å². The Morgan fingerprint density at radius 3 is 2.26 bits per heavy atom. The number of piperazine rings is 1. The van der Waals surface area contributed by atoms with Gasteiger partial charge in [0.25, 0.3) is 5.91 Å². The molecule has 1 heterocycles. The van der Waals surface area contributed by atoms with Crippen LogP contribution in [0.25, 0.3) is 0 Å². The molecule has 1 N–H and O–H groups in total. The Hall–Kier alpha value is -1.58. The van der Waals surface area contributed by atoms with Crippen molar-refractivity contribution in [3.8, 4) is 0 Å². The molecule has 1 fully saturated rings. The number of halogens is 2. The minimum Gasteiger partial charge on any atom is -0.351 e. The zero-order valence-electron chi connectivity index (χ0n) is 12.8. The Morgan fingerprint density at radius 1 is 1.17 bits per heavy atom. The summed E-state index contributed by atoms with van der Waals surface area (Å²) in [6.07, 6.45) is 1.17. The van der Waals surface area contributed by atoms with E-state index in [1.165, 1.54) is 16.6 Å². The van der Waals surface area contributed by atoms with Crippen LogP contribution in [-0.2, 0) is 10.0 Å². The van der Waals surface area contributed by atoms with Gasteiger partial charge >= 0.3 is 0 Å². The highest BCUT2D eigenvalue weighted by Crippen LogP contribution is 2.11. The van der Waals surface area contributed by atoms with E-state index in [0.29, 0.717) is 32.7 Å². The van der Waals surface area contributed by atoms with Crippen LogP contribution in [0.1, 0.15) is 10.4 Å². The molecule has 0 saturated carbocycles. The van der Waals surface area contributed by atoms with Gasteiger partial charge in [0, 0.05) is 39.3 Å². The fourth-order valence-electron chi connectivity index (χ4n) is 2.42. The van der Waals surface area contributed by atoms with Crippen LogP contribution in [0.4, 0.5) is 8.78 Å². The summed E-state index contributed by atoms with van der Waals surface area (Å²) in [5.41, 5.74) is -0.589. The van der Waals surface area contributed by atoms with E-state index >= 15 is 0 Å². The molecule has 1 saturated heterocycles. The number of nitrogens with one attached hydrogen (secondary N) is 1. The molecule has 0 unspecified atom stereocenters. The maximum Gasteiger partial charge on any atom is 0.257 e. The molecule has 0 atom stereocenters. The molecule has 128 valence electrons. The van der Waals surface area contributed by atoms with Gasteiger partial charge in [-0.1, -0.05) is 6.07 Å². The molecule has 0 aliphatic carbocycles. The number of carbonyl (C=O) groups excluding carboxylic acids is 1. The van der Waals surface area contributed by atoms with Crippen LogP contribution in [0, 0.1) is 11.6 Å². The summed E-state index contributed by atoms with van der Waals surface area (Å²) in [7, 11) is -3.18. The van der Waals surface area contributed by atoms with Crippen LogP contribution in [0.5, 0.6) is 0 Å². The van der Waals surface area contributed by atoms with Crippen LogP contribution >= 0.6 is 0 Å². The fourth-order valence-corrected chi connectivity index (χ4v) is 3.24. The van der Waals surface area contributed by atoms with Crippen LogP contribution in [-0.4, -0.2) is 69.1 Å². The van der Waals surface area contributed by atoms with Gasteiger partial charge in [0.05, 0.1) is 6.26 Å². The van der Waals surface area contributed by atoms with E-state index in [0.717, 1.165) is 12.1 Å². The molecule has 0 spiro atoms. The van der Waals surface area contributed by atoms with Crippen molar-refractivity contribution in [3.05, 3.63) is 35.4 Å². The number of benzene rings is 1. The largest absolute Gasteiger partial charge is 0.351 e. The van der Waals surface area contributed by atoms with E-state index in [4.69, 9.17) is 0 Å². The molecular weight excluding hydrogens is 328 g/mol.